The van der Waals surface area contributed by atoms with E-state index in [4.69, 9.17) is 0 Å². The molecule has 1 aliphatic rings. The molecule has 8 nitrogen and oxygen atoms in total. The molecule has 0 aliphatic carbocycles. The first-order chi connectivity index (χ1) is 14.0. The van der Waals surface area contributed by atoms with Crippen LogP contribution in [0.1, 0.15) is 53.2 Å². The number of rotatable bonds is 5. The minimum absolute atomic E-state index is 0.191. The zero-order valence-electron chi connectivity index (χ0n) is 17.0. The molecule has 3 aromatic rings. The average Bonchev–Trinajstić information content (AvgIpc) is 3.15. The summed E-state index contributed by atoms with van der Waals surface area (Å²) in [5, 5.41) is 7.36. The predicted molar refractivity (Wildman–Crippen MR) is 110 cm³/mol. The number of nitrogens with one attached hydrogen (secondary N) is 1. The molecule has 0 fully saturated rings. The van der Waals surface area contributed by atoms with Crippen LogP contribution >= 0.6 is 0 Å². The highest BCUT2D eigenvalue weighted by atomic mass is 16.1. The molecule has 3 aromatic heterocycles. The van der Waals surface area contributed by atoms with Crippen LogP contribution in [0.3, 0.4) is 0 Å². The minimum atomic E-state index is -0.191. The Labute approximate surface area is 170 Å². The second-order valence-corrected chi connectivity index (χ2v) is 7.52. The fourth-order valence-corrected chi connectivity index (χ4v) is 3.37. The van der Waals surface area contributed by atoms with Crippen LogP contribution in [0.2, 0.25) is 0 Å². The van der Waals surface area contributed by atoms with Crippen LogP contribution in [0.5, 0.6) is 0 Å². The molecule has 1 N–H and O–H groups in total. The highest BCUT2D eigenvalue weighted by Gasteiger charge is 2.22. The number of amides is 1. The number of fused-ring (bicyclic) bond motifs is 1. The van der Waals surface area contributed by atoms with Gasteiger partial charge in [-0.3, -0.25) is 14.5 Å². The number of pyridine rings is 1. The molecule has 0 unspecified atom stereocenters. The van der Waals surface area contributed by atoms with Gasteiger partial charge in [-0.1, -0.05) is 19.9 Å². The largest absolute Gasteiger partial charge is 0.349 e. The quantitative estimate of drug-likeness (QED) is 0.719. The van der Waals surface area contributed by atoms with Gasteiger partial charge < -0.3 is 10.2 Å². The second-order valence-electron chi connectivity index (χ2n) is 7.52. The van der Waals surface area contributed by atoms with Gasteiger partial charge in [-0.25, -0.2) is 9.97 Å². The maximum Gasteiger partial charge on any atom is 0.272 e. The highest BCUT2D eigenvalue weighted by Crippen LogP contribution is 2.23. The number of carbonyl (C=O) groups excluding carboxylic acids is 1. The number of aryl methyl sites for hydroxylation is 1. The predicted octanol–water partition coefficient (Wildman–Crippen LogP) is 2.45. The van der Waals surface area contributed by atoms with Crippen LogP contribution in [0.25, 0.3) is 0 Å². The van der Waals surface area contributed by atoms with Crippen molar-refractivity contribution in [2.45, 2.75) is 46.3 Å². The molecule has 0 radical (unpaired) electrons. The summed E-state index contributed by atoms with van der Waals surface area (Å²) in [5.41, 5.74) is 3.29. The van der Waals surface area contributed by atoms with E-state index in [1.165, 1.54) is 0 Å². The molecule has 0 saturated heterocycles. The molecular formula is C21H25N7O. The summed E-state index contributed by atoms with van der Waals surface area (Å²) in [4.78, 5) is 28.1. The van der Waals surface area contributed by atoms with Crippen molar-refractivity contribution in [3.8, 4) is 0 Å². The van der Waals surface area contributed by atoms with Crippen molar-refractivity contribution < 1.29 is 4.79 Å². The maximum absolute atomic E-state index is 12.5. The standard InChI is InChI=1S/C21H25N7O/c1-14(2)18-11-20(25-15(3)24-18)27-8-9-28-17(13-27)10-19(26-28)21(29)23-12-16-6-4-5-7-22-16/h4-7,10-11,14H,8-9,12-13H2,1-3H3,(H,23,29). The van der Waals surface area contributed by atoms with Crippen molar-refractivity contribution in [1.82, 2.24) is 30.0 Å². The molecule has 0 atom stereocenters. The molecule has 1 aliphatic heterocycles. The van der Waals surface area contributed by atoms with Crippen LogP contribution in [-0.2, 0) is 19.6 Å². The molecule has 150 valence electrons. The summed E-state index contributed by atoms with van der Waals surface area (Å²) in [6.45, 7) is 8.73. The summed E-state index contributed by atoms with van der Waals surface area (Å²) in [6.07, 6.45) is 1.71. The van der Waals surface area contributed by atoms with Gasteiger partial charge in [-0.2, -0.15) is 5.10 Å². The Hall–Kier alpha value is -3.29. The third kappa shape index (κ3) is 4.26. The lowest BCUT2D eigenvalue weighted by Gasteiger charge is -2.29. The van der Waals surface area contributed by atoms with Gasteiger partial charge in [-0.05, 0) is 31.0 Å². The molecule has 0 aromatic carbocycles. The highest BCUT2D eigenvalue weighted by molar-refractivity contribution is 5.92. The fraction of sp³-hybridized carbons (Fsp3) is 0.381. The maximum atomic E-state index is 12.5. The van der Waals surface area contributed by atoms with E-state index in [2.05, 4.69) is 50.2 Å². The molecule has 0 bridgehead atoms. The van der Waals surface area contributed by atoms with E-state index in [0.717, 1.165) is 35.3 Å². The molecule has 29 heavy (non-hydrogen) atoms. The van der Waals surface area contributed by atoms with E-state index in [1.807, 2.05) is 35.9 Å². The van der Waals surface area contributed by atoms with Crippen molar-refractivity contribution in [3.05, 3.63) is 65.1 Å². The second kappa shape index (κ2) is 7.98. The van der Waals surface area contributed by atoms with E-state index in [-0.39, 0.29) is 5.91 Å². The summed E-state index contributed by atoms with van der Waals surface area (Å²) in [5.74, 6) is 1.86. The Morgan fingerprint density at radius 2 is 2.07 bits per heavy atom. The fourth-order valence-electron chi connectivity index (χ4n) is 3.37. The smallest absolute Gasteiger partial charge is 0.272 e. The molecule has 8 heteroatoms. The number of anilines is 1. The zero-order chi connectivity index (χ0) is 20.4. The SMILES string of the molecule is Cc1nc(C(C)C)cc(N2CCn3nc(C(=O)NCc4ccccn4)cc3C2)n1. The first-order valence-corrected chi connectivity index (χ1v) is 9.85. The normalized spacial score (nSPS) is 13.4. The lowest BCUT2D eigenvalue weighted by molar-refractivity contribution is 0.0944. The molecular weight excluding hydrogens is 366 g/mol. The van der Waals surface area contributed by atoms with Gasteiger partial charge in [0, 0.05) is 24.5 Å². The van der Waals surface area contributed by atoms with Crippen molar-refractivity contribution in [1.29, 1.82) is 0 Å². The van der Waals surface area contributed by atoms with E-state index in [0.29, 0.717) is 31.2 Å². The summed E-state index contributed by atoms with van der Waals surface area (Å²) >= 11 is 0. The van der Waals surface area contributed by atoms with Gasteiger partial charge in [0.05, 0.1) is 31.0 Å². The van der Waals surface area contributed by atoms with Crippen molar-refractivity contribution >= 4 is 11.7 Å². The van der Waals surface area contributed by atoms with Gasteiger partial charge in [-0.15, -0.1) is 0 Å². The number of carbonyl (C=O) groups is 1. The van der Waals surface area contributed by atoms with Gasteiger partial charge >= 0.3 is 0 Å². The molecule has 4 heterocycles. The van der Waals surface area contributed by atoms with Gasteiger partial charge in [0.25, 0.3) is 5.91 Å². The topological polar surface area (TPSA) is 88.8 Å². The van der Waals surface area contributed by atoms with E-state index in [9.17, 15) is 4.79 Å². The number of hydrogen-bond donors (Lipinski definition) is 1. The summed E-state index contributed by atoms with van der Waals surface area (Å²) < 4.78 is 1.91. The van der Waals surface area contributed by atoms with E-state index < -0.39 is 0 Å². The van der Waals surface area contributed by atoms with E-state index in [1.54, 1.807) is 6.20 Å². The number of aromatic nitrogens is 5. The number of nitrogens with zero attached hydrogens (tertiary/aromatic N) is 6. The van der Waals surface area contributed by atoms with Gasteiger partial charge in [0.15, 0.2) is 5.69 Å². The Balaban J connectivity index is 1.47. The average molecular weight is 391 g/mol. The van der Waals surface area contributed by atoms with Crippen LogP contribution < -0.4 is 10.2 Å². The lowest BCUT2D eigenvalue weighted by Crippen LogP contribution is -2.34. The van der Waals surface area contributed by atoms with E-state index >= 15 is 0 Å². The monoisotopic (exact) mass is 391 g/mol. The van der Waals surface area contributed by atoms with Crippen molar-refractivity contribution in [2.24, 2.45) is 0 Å². The summed E-state index contributed by atoms with van der Waals surface area (Å²) in [7, 11) is 0. The molecule has 0 spiro atoms. The molecule has 1 amide bonds. The van der Waals surface area contributed by atoms with Crippen LogP contribution in [0.4, 0.5) is 5.82 Å². The zero-order valence-corrected chi connectivity index (χ0v) is 17.0. The first kappa shape index (κ1) is 19.0. The minimum Gasteiger partial charge on any atom is -0.349 e. The van der Waals surface area contributed by atoms with Crippen molar-refractivity contribution in [3.63, 3.8) is 0 Å². The Kier molecular flexibility index (Phi) is 5.24. The Morgan fingerprint density at radius 1 is 1.21 bits per heavy atom. The van der Waals surface area contributed by atoms with Gasteiger partial charge in [0.1, 0.15) is 11.6 Å². The molecule has 4 rings (SSSR count). The first-order valence-electron chi connectivity index (χ1n) is 9.85. The van der Waals surface area contributed by atoms with Crippen LogP contribution in [0, 0.1) is 6.92 Å². The lowest BCUT2D eigenvalue weighted by atomic mass is 10.1. The van der Waals surface area contributed by atoms with Crippen LogP contribution in [0.15, 0.2) is 36.5 Å². The van der Waals surface area contributed by atoms with Gasteiger partial charge in [0.2, 0.25) is 0 Å². The summed E-state index contributed by atoms with van der Waals surface area (Å²) in [6, 6.07) is 9.55. The number of hydrogen-bond acceptors (Lipinski definition) is 6. The Bertz CT molecular complexity index is 1010. The van der Waals surface area contributed by atoms with Crippen LogP contribution in [-0.4, -0.2) is 37.2 Å². The third-order valence-corrected chi connectivity index (χ3v) is 4.95. The molecule has 0 saturated carbocycles. The third-order valence-electron chi connectivity index (χ3n) is 4.95. The van der Waals surface area contributed by atoms with Crippen molar-refractivity contribution in [2.75, 3.05) is 11.4 Å². The Morgan fingerprint density at radius 3 is 2.83 bits per heavy atom.